The molecule has 0 saturated carbocycles. The Morgan fingerprint density at radius 1 is 1.14 bits per heavy atom. The highest BCUT2D eigenvalue weighted by Crippen LogP contribution is 2.30. The molecule has 2 aromatic heterocycles. The van der Waals surface area contributed by atoms with Crippen molar-refractivity contribution in [3.05, 3.63) is 53.6 Å². The molecule has 4 heterocycles. The van der Waals surface area contributed by atoms with Gasteiger partial charge < -0.3 is 9.64 Å². The molecule has 2 saturated heterocycles. The Labute approximate surface area is 171 Å². The van der Waals surface area contributed by atoms with Crippen molar-refractivity contribution in [2.75, 3.05) is 44.3 Å². The van der Waals surface area contributed by atoms with Crippen LogP contribution in [0.4, 0.5) is 5.69 Å². The summed E-state index contributed by atoms with van der Waals surface area (Å²) in [6.45, 7) is 8.77. The van der Waals surface area contributed by atoms with Gasteiger partial charge in [-0.3, -0.25) is 4.90 Å². The molecule has 0 radical (unpaired) electrons. The lowest BCUT2D eigenvalue weighted by molar-refractivity contribution is 0.122. The summed E-state index contributed by atoms with van der Waals surface area (Å²) in [5.41, 5.74) is 5.01. The smallest absolute Gasteiger partial charge is 0.252 e. The van der Waals surface area contributed by atoms with Crippen LogP contribution in [-0.2, 0) is 11.3 Å². The molecule has 0 bridgehead atoms. The fourth-order valence-electron chi connectivity index (χ4n) is 4.69. The van der Waals surface area contributed by atoms with Crippen LogP contribution in [0.15, 0.2) is 36.7 Å². The number of hydrogen-bond donors (Lipinski definition) is 0. The van der Waals surface area contributed by atoms with Gasteiger partial charge in [0.15, 0.2) is 0 Å². The molecule has 2 fully saturated rings. The van der Waals surface area contributed by atoms with Crippen LogP contribution in [-0.4, -0.2) is 63.9 Å². The van der Waals surface area contributed by atoms with Gasteiger partial charge in [0.05, 0.1) is 18.9 Å². The normalized spacial score (nSPS) is 21.0. The Balaban J connectivity index is 1.36. The quantitative estimate of drug-likeness (QED) is 0.680. The standard InChI is InChI=1S/C22H28N6O/c1-17-13-21(28-22(25-17)23-16-24-28)19-6-4-8-26(15-19)14-18-5-2-3-7-20(18)27-9-11-29-12-10-27/h2-3,5,7,13,16,19H,4,6,8-12,14-15H2,1H3. The second-order valence-electron chi connectivity index (χ2n) is 8.10. The van der Waals surface area contributed by atoms with Gasteiger partial charge in [-0.15, -0.1) is 0 Å². The number of ether oxygens (including phenoxy) is 1. The highest BCUT2D eigenvalue weighted by molar-refractivity contribution is 5.54. The number of benzene rings is 1. The van der Waals surface area contributed by atoms with Crippen molar-refractivity contribution >= 4 is 11.5 Å². The van der Waals surface area contributed by atoms with Gasteiger partial charge in [0, 0.05) is 43.5 Å². The number of aromatic nitrogens is 4. The zero-order valence-corrected chi connectivity index (χ0v) is 17.0. The summed E-state index contributed by atoms with van der Waals surface area (Å²) in [5.74, 6) is 1.15. The maximum atomic E-state index is 5.54. The van der Waals surface area contributed by atoms with Gasteiger partial charge in [0.25, 0.3) is 5.78 Å². The van der Waals surface area contributed by atoms with Crippen LogP contribution in [0.1, 0.15) is 35.7 Å². The summed E-state index contributed by atoms with van der Waals surface area (Å²) in [5, 5.41) is 4.43. The van der Waals surface area contributed by atoms with Gasteiger partial charge >= 0.3 is 0 Å². The van der Waals surface area contributed by atoms with Crippen molar-refractivity contribution in [3.63, 3.8) is 0 Å². The Kier molecular flexibility index (Phi) is 5.16. The fourth-order valence-corrected chi connectivity index (χ4v) is 4.69. The molecule has 0 aliphatic carbocycles. The first-order chi connectivity index (χ1) is 14.3. The summed E-state index contributed by atoms with van der Waals surface area (Å²) in [6.07, 6.45) is 3.98. The molecule has 1 unspecified atom stereocenters. The van der Waals surface area contributed by atoms with Gasteiger partial charge in [-0.2, -0.15) is 10.1 Å². The third-order valence-electron chi connectivity index (χ3n) is 6.07. The van der Waals surface area contributed by atoms with Crippen LogP contribution in [0.3, 0.4) is 0 Å². The first kappa shape index (κ1) is 18.5. The summed E-state index contributed by atoms with van der Waals surface area (Å²) in [6, 6.07) is 11.0. The molecule has 2 aliphatic rings. The lowest BCUT2D eigenvalue weighted by Gasteiger charge is -2.35. The van der Waals surface area contributed by atoms with Gasteiger partial charge in [0.1, 0.15) is 6.33 Å². The lowest BCUT2D eigenvalue weighted by atomic mass is 9.93. The minimum atomic E-state index is 0.449. The first-order valence-electron chi connectivity index (χ1n) is 10.6. The van der Waals surface area contributed by atoms with Crippen molar-refractivity contribution in [3.8, 4) is 0 Å². The highest BCUT2D eigenvalue weighted by Gasteiger charge is 2.25. The number of anilines is 1. The molecule has 0 amide bonds. The second kappa shape index (κ2) is 8.08. The number of morpholine rings is 1. The van der Waals surface area contributed by atoms with E-state index in [9.17, 15) is 0 Å². The van der Waals surface area contributed by atoms with E-state index in [0.29, 0.717) is 11.7 Å². The summed E-state index contributed by atoms with van der Waals surface area (Å²) < 4.78 is 7.46. The minimum Gasteiger partial charge on any atom is -0.378 e. The van der Waals surface area contributed by atoms with E-state index in [2.05, 4.69) is 55.2 Å². The Morgan fingerprint density at radius 3 is 2.90 bits per heavy atom. The molecule has 7 heteroatoms. The number of nitrogens with zero attached hydrogens (tertiary/aromatic N) is 6. The molecule has 2 aliphatic heterocycles. The molecule has 5 rings (SSSR count). The van der Waals surface area contributed by atoms with E-state index < -0.39 is 0 Å². The molecule has 0 spiro atoms. The SMILES string of the molecule is Cc1cc(C2CCCN(Cc3ccccc3N3CCOCC3)C2)n2ncnc2n1. The van der Waals surface area contributed by atoms with E-state index in [1.165, 1.54) is 29.8 Å². The predicted octanol–water partition coefficient (Wildman–Crippen LogP) is 2.65. The number of hydrogen-bond acceptors (Lipinski definition) is 6. The Bertz CT molecular complexity index is 980. The maximum Gasteiger partial charge on any atom is 0.252 e. The zero-order valence-electron chi connectivity index (χ0n) is 17.0. The van der Waals surface area contributed by atoms with E-state index >= 15 is 0 Å². The van der Waals surface area contributed by atoms with Crippen LogP contribution in [0.25, 0.3) is 5.78 Å². The van der Waals surface area contributed by atoms with E-state index in [0.717, 1.165) is 51.6 Å². The second-order valence-corrected chi connectivity index (χ2v) is 8.10. The molecule has 152 valence electrons. The lowest BCUT2D eigenvalue weighted by Crippen LogP contribution is -2.38. The van der Waals surface area contributed by atoms with E-state index in [-0.39, 0.29) is 0 Å². The molecule has 7 nitrogen and oxygen atoms in total. The van der Waals surface area contributed by atoms with Crippen LogP contribution in [0.5, 0.6) is 0 Å². The summed E-state index contributed by atoms with van der Waals surface area (Å²) >= 11 is 0. The maximum absolute atomic E-state index is 5.54. The van der Waals surface area contributed by atoms with Crippen molar-refractivity contribution in [1.82, 2.24) is 24.5 Å². The summed E-state index contributed by atoms with van der Waals surface area (Å²) in [7, 11) is 0. The van der Waals surface area contributed by atoms with Gasteiger partial charge in [0.2, 0.25) is 0 Å². The van der Waals surface area contributed by atoms with E-state index in [1.54, 1.807) is 6.33 Å². The van der Waals surface area contributed by atoms with Crippen LogP contribution >= 0.6 is 0 Å². The van der Waals surface area contributed by atoms with E-state index in [4.69, 9.17) is 4.74 Å². The van der Waals surface area contributed by atoms with Crippen molar-refractivity contribution in [1.29, 1.82) is 0 Å². The number of fused-ring (bicyclic) bond motifs is 1. The Hall–Kier alpha value is -2.51. The molecule has 3 aromatic rings. The topological polar surface area (TPSA) is 58.8 Å². The minimum absolute atomic E-state index is 0.449. The third-order valence-corrected chi connectivity index (χ3v) is 6.07. The number of likely N-dealkylation sites (tertiary alicyclic amines) is 1. The molecule has 29 heavy (non-hydrogen) atoms. The monoisotopic (exact) mass is 392 g/mol. The Morgan fingerprint density at radius 2 is 2.00 bits per heavy atom. The fraction of sp³-hybridized carbons (Fsp3) is 0.500. The largest absolute Gasteiger partial charge is 0.378 e. The molecule has 1 atom stereocenters. The van der Waals surface area contributed by atoms with Gasteiger partial charge in [-0.05, 0) is 44.0 Å². The molecular weight excluding hydrogens is 364 g/mol. The number of piperidine rings is 1. The zero-order chi connectivity index (χ0) is 19.6. The van der Waals surface area contributed by atoms with Crippen molar-refractivity contribution in [2.45, 2.75) is 32.2 Å². The number of aryl methyl sites for hydroxylation is 1. The van der Waals surface area contributed by atoms with Gasteiger partial charge in [-0.1, -0.05) is 18.2 Å². The van der Waals surface area contributed by atoms with Crippen molar-refractivity contribution in [2.24, 2.45) is 0 Å². The predicted molar refractivity (Wildman–Crippen MR) is 112 cm³/mol. The van der Waals surface area contributed by atoms with Crippen molar-refractivity contribution < 1.29 is 4.74 Å². The third kappa shape index (κ3) is 3.84. The van der Waals surface area contributed by atoms with Crippen LogP contribution in [0, 0.1) is 6.92 Å². The average molecular weight is 393 g/mol. The van der Waals surface area contributed by atoms with E-state index in [1.807, 2.05) is 11.4 Å². The summed E-state index contributed by atoms with van der Waals surface area (Å²) in [4.78, 5) is 13.9. The number of para-hydroxylation sites is 1. The van der Waals surface area contributed by atoms with Crippen LogP contribution in [0.2, 0.25) is 0 Å². The number of rotatable bonds is 4. The van der Waals surface area contributed by atoms with Crippen LogP contribution < -0.4 is 4.90 Å². The molecular formula is C22H28N6O. The average Bonchev–Trinajstić information content (AvgIpc) is 3.23. The first-order valence-corrected chi connectivity index (χ1v) is 10.6. The highest BCUT2D eigenvalue weighted by atomic mass is 16.5. The van der Waals surface area contributed by atoms with Gasteiger partial charge in [-0.25, -0.2) is 9.50 Å². The molecule has 0 N–H and O–H groups in total. The molecule has 1 aromatic carbocycles.